The summed E-state index contributed by atoms with van der Waals surface area (Å²) in [5.74, 6) is -0.560. The lowest BCUT2D eigenvalue weighted by Crippen LogP contribution is -2.44. The molecule has 1 amide bonds. The first-order chi connectivity index (χ1) is 13.0. The number of nitro groups is 1. The van der Waals surface area contributed by atoms with Gasteiger partial charge in [0.15, 0.2) is 0 Å². The van der Waals surface area contributed by atoms with Crippen molar-refractivity contribution in [1.82, 2.24) is 9.80 Å². The van der Waals surface area contributed by atoms with Gasteiger partial charge in [0.05, 0.1) is 18.0 Å². The van der Waals surface area contributed by atoms with Crippen LogP contribution in [0.2, 0.25) is 0 Å². The zero-order valence-corrected chi connectivity index (χ0v) is 15.9. The molecule has 1 aliphatic rings. The number of benzene rings is 1. The van der Waals surface area contributed by atoms with Crippen LogP contribution < -0.4 is 0 Å². The third-order valence-electron chi connectivity index (χ3n) is 4.84. The van der Waals surface area contributed by atoms with E-state index in [1.165, 1.54) is 24.3 Å². The molecule has 0 aliphatic carbocycles. The second-order valence-corrected chi connectivity index (χ2v) is 6.53. The summed E-state index contributed by atoms with van der Waals surface area (Å²) in [5, 5.41) is 10.8. The van der Waals surface area contributed by atoms with E-state index >= 15 is 0 Å². The smallest absolute Gasteiger partial charge is 0.307 e. The Hall–Kier alpha value is -2.48. The van der Waals surface area contributed by atoms with Gasteiger partial charge in [0.1, 0.15) is 0 Å². The highest BCUT2D eigenvalue weighted by Crippen LogP contribution is 2.20. The Kier molecular flexibility index (Phi) is 7.72. The van der Waals surface area contributed by atoms with E-state index in [1.54, 1.807) is 11.8 Å². The van der Waals surface area contributed by atoms with Gasteiger partial charge in [0.2, 0.25) is 0 Å². The van der Waals surface area contributed by atoms with E-state index < -0.39 is 4.92 Å². The van der Waals surface area contributed by atoms with Crippen molar-refractivity contribution < 1.29 is 19.2 Å². The van der Waals surface area contributed by atoms with Crippen LogP contribution in [-0.2, 0) is 9.53 Å². The fraction of sp³-hybridized carbons (Fsp3) is 0.579. The minimum atomic E-state index is -0.496. The fourth-order valence-electron chi connectivity index (χ4n) is 3.42. The fourth-order valence-corrected chi connectivity index (χ4v) is 3.42. The number of likely N-dealkylation sites (N-methyl/N-ethyl adjacent to an activating group) is 1. The van der Waals surface area contributed by atoms with Gasteiger partial charge < -0.3 is 9.64 Å². The number of hydrogen-bond acceptors (Lipinski definition) is 6. The van der Waals surface area contributed by atoms with Crippen molar-refractivity contribution in [3.05, 3.63) is 39.9 Å². The molecule has 0 saturated carbocycles. The maximum absolute atomic E-state index is 13.0. The molecule has 0 N–H and O–H groups in total. The molecule has 1 aromatic carbocycles. The van der Waals surface area contributed by atoms with Crippen molar-refractivity contribution in [2.75, 3.05) is 32.8 Å². The van der Waals surface area contributed by atoms with Gasteiger partial charge in [0, 0.05) is 36.8 Å². The number of hydrogen-bond donors (Lipinski definition) is 0. The maximum Gasteiger partial charge on any atom is 0.307 e. The van der Waals surface area contributed by atoms with Crippen LogP contribution in [0.3, 0.4) is 0 Å². The van der Waals surface area contributed by atoms with Crippen molar-refractivity contribution in [2.45, 2.75) is 39.2 Å². The largest absolute Gasteiger partial charge is 0.466 e. The van der Waals surface area contributed by atoms with Crippen molar-refractivity contribution in [3.63, 3.8) is 0 Å². The zero-order chi connectivity index (χ0) is 19.8. The molecule has 8 nitrogen and oxygen atoms in total. The second-order valence-electron chi connectivity index (χ2n) is 6.53. The van der Waals surface area contributed by atoms with E-state index in [0.717, 1.165) is 25.9 Å². The maximum atomic E-state index is 13.0. The Balaban J connectivity index is 2.12. The number of carbonyl (C=O) groups is 2. The molecular weight excluding hydrogens is 350 g/mol. The summed E-state index contributed by atoms with van der Waals surface area (Å²) in [6.07, 6.45) is 2.23. The first-order valence-electron chi connectivity index (χ1n) is 9.39. The number of ether oxygens (including phenoxy) is 1. The quantitative estimate of drug-likeness (QED) is 0.373. The lowest BCUT2D eigenvalue weighted by molar-refractivity contribution is -0.384. The Bertz CT molecular complexity index is 662. The van der Waals surface area contributed by atoms with Crippen LogP contribution in [0.25, 0.3) is 0 Å². The molecule has 1 atom stereocenters. The SMILES string of the molecule is CCOC(=O)CCN(CC1CCCN1CC)C(=O)c1ccc([N+](=O)[O-])cc1. The van der Waals surface area contributed by atoms with Crippen molar-refractivity contribution in [2.24, 2.45) is 0 Å². The summed E-state index contributed by atoms with van der Waals surface area (Å²) in [6, 6.07) is 5.84. The molecule has 2 rings (SSSR count). The second kappa shape index (κ2) is 10.0. The number of likely N-dealkylation sites (tertiary alicyclic amines) is 1. The highest BCUT2D eigenvalue weighted by atomic mass is 16.6. The van der Waals surface area contributed by atoms with E-state index in [4.69, 9.17) is 4.74 Å². The molecule has 1 saturated heterocycles. The third kappa shape index (κ3) is 5.75. The number of nitrogens with zero attached hydrogens (tertiary/aromatic N) is 3. The van der Waals surface area contributed by atoms with E-state index in [9.17, 15) is 19.7 Å². The summed E-state index contributed by atoms with van der Waals surface area (Å²) >= 11 is 0. The Morgan fingerprint density at radius 1 is 1.30 bits per heavy atom. The highest BCUT2D eigenvalue weighted by molar-refractivity contribution is 5.94. The van der Waals surface area contributed by atoms with Gasteiger partial charge in [-0.3, -0.25) is 24.6 Å². The third-order valence-corrected chi connectivity index (χ3v) is 4.84. The number of amides is 1. The number of rotatable bonds is 9. The van der Waals surface area contributed by atoms with Crippen LogP contribution in [0.1, 0.15) is 43.5 Å². The summed E-state index contributed by atoms with van der Waals surface area (Å²) < 4.78 is 4.97. The molecule has 8 heteroatoms. The number of nitro benzene ring substituents is 1. The molecule has 1 aliphatic heterocycles. The predicted molar refractivity (Wildman–Crippen MR) is 101 cm³/mol. The van der Waals surface area contributed by atoms with Crippen LogP contribution in [0.4, 0.5) is 5.69 Å². The van der Waals surface area contributed by atoms with E-state index in [-0.39, 0.29) is 36.6 Å². The first kappa shape index (κ1) is 20.8. The van der Waals surface area contributed by atoms with Gasteiger partial charge in [-0.2, -0.15) is 0 Å². The molecule has 1 heterocycles. The summed E-state index contributed by atoms with van der Waals surface area (Å²) in [5.41, 5.74) is 0.322. The molecule has 0 spiro atoms. The van der Waals surface area contributed by atoms with Crippen LogP contribution in [0.15, 0.2) is 24.3 Å². The molecule has 0 aromatic heterocycles. The van der Waals surface area contributed by atoms with Gasteiger partial charge in [-0.05, 0) is 45.0 Å². The summed E-state index contributed by atoms with van der Waals surface area (Å²) in [7, 11) is 0. The zero-order valence-electron chi connectivity index (χ0n) is 15.9. The minimum absolute atomic E-state index is 0.0578. The Morgan fingerprint density at radius 3 is 2.59 bits per heavy atom. The van der Waals surface area contributed by atoms with Crippen LogP contribution >= 0.6 is 0 Å². The standard InChI is InChI=1S/C19H27N3O5/c1-3-20-12-5-6-17(20)14-21(13-11-18(23)27-4-2)19(24)15-7-9-16(10-8-15)22(25)26/h7-10,17H,3-6,11-14H2,1-2H3. The van der Waals surface area contributed by atoms with Crippen molar-refractivity contribution in [1.29, 1.82) is 0 Å². The number of non-ortho nitro benzene ring substituents is 1. The van der Waals surface area contributed by atoms with Gasteiger partial charge in [0.25, 0.3) is 11.6 Å². The lowest BCUT2D eigenvalue weighted by Gasteiger charge is -2.30. The number of carbonyl (C=O) groups excluding carboxylic acids is 2. The van der Waals surface area contributed by atoms with Crippen LogP contribution in [0.5, 0.6) is 0 Å². The minimum Gasteiger partial charge on any atom is -0.466 e. The monoisotopic (exact) mass is 377 g/mol. The molecular formula is C19H27N3O5. The molecule has 0 radical (unpaired) electrons. The predicted octanol–water partition coefficient (Wildman–Crippen LogP) is 2.47. The van der Waals surface area contributed by atoms with Gasteiger partial charge in [-0.25, -0.2) is 0 Å². The summed E-state index contributed by atoms with van der Waals surface area (Å²) in [4.78, 5) is 39.0. The van der Waals surface area contributed by atoms with E-state index in [0.29, 0.717) is 18.7 Å². The molecule has 0 bridgehead atoms. The Morgan fingerprint density at radius 2 is 2.00 bits per heavy atom. The van der Waals surface area contributed by atoms with Crippen molar-refractivity contribution >= 4 is 17.6 Å². The van der Waals surface area contributed by atoms with E-state index in [1.807, 2.05) is 0 Å². The van der Waals surface area contributed by atoms with Crippen LogP contribution in [-0.4, -0.2) is 65.4 Å². The van der Waals surface area contributed by atoms with Gasteiger partial charge in [-0.1, -0.05) is 6.92 Å². The molecule has 1 unspecified atom stereocenters. The van der Waals surface area contributed by atoms with Gasteiger partial charge >= 0.3 is 5.97 Å². The average Bonchev–Trinajstić information content (AvgIpc) is 3.12. The number of esters is 1. The average molecular weight is 377 g/mol. The lowest BCUT2D eigenvalue weighted by atomic mass is 10.1. The molecule has 27 heavy (non-hydrogen) atoms. The van der Waals surface area contributed by atoms with Crippen LogP contribution in [0, 0.1) is 10.1 Å². The Labute approximate surface area is 159 Å². The summed E-state index contributed by atoms with van der Waals surface area (Å²) in [6.45, 7) is 6.88. The molecule has 1 fully saturated rings. The topological polar surface area (TPSA) is 93.0 Å². The first-order valence-corrected chi connectivity index (χ1v) is 9.39. The molecule has 148 valence electrons. The van der Waals surface area contributed by atoms with Crippen molar-refractivity contribution in [3.8, 4) is 0 Å². The molecule has 1 aromatic rings. The highest BCUT2D eigenvalue weighted by Gasteiger charge is 2.28. The van der Waals surface area contributed by atoms with E-state index in [2.05, 4.69) is 11.8 Å². The normalized spacial score (nSPS) is 16.9. The van der Waals surface area contributed by atoms with Gasteiger partial charge in [-0.15, -0.1) is 0 Å².